The Bertz CT molecular complexity index is 1190. The molecule has 0 fully saturated rings. The van der Waals surface area contributed by atoms with E-state index in [2.05, 4.69) is 30.6 Å². The fraction of sp³-hybridized carbons (Fsp3) is 0.100. The average molecular weight is 404 g/mol. The standard InChI is InChI=1S/C20H16N6O2S/c1-12-5-6-14-15(23-12)3-2-4-16(14)25-18(27)9-13-11-29-20(24-13)26-19(28)17-10-21-7-8-22-17/h2-8,10-11H,9H2,1H3,(H,25,27)(H,24,26,28). The molecule has 0 radical (unpaired) electrons. The molecule has 0 aliphatic heterocycles. The number of pyridine rings is 1. The van der Waals surface area contributed by atoms with E-state index in [1.807, 2.05) is 37.3 Å². The number of aromatic nitrogens is 4. The number of hydrogen-bond acceptors (Lipinski definition) is 7. The molecule has 0 aliphatic carbocycles. The Morgan fingerprint density at radius 2 is 1.97 bits per heavy atom. The molecule has 3 aromatic heterocycles. The van der Waals surface area contributed by atoms with E-state index >= 15 is 0 Å². The third-order valence-corrected chi connectivity index (χ3v) is 4.86. The van der Waals surface area contributed by atoms with Crippen LogP contribution in [0, 0.1) is 6.92 Å². The maximum Gasteiger partial charge on any atom is 0.277 e. The van der Waals surface area contributed by atoms with E-state index in [-0.39, 0.29) is 18.0 Å². The van der Waals surface area contributed by atoms with Crippen molar-refractivity contribution in [1.29, 1.82) is 0 Å². The molecule has 0 saturated heterocycles. The van der Waals surface area contributed by atoms with Gasteiger partial charge in [0.1, 0.15) is 5.69 Å². The summed E-state index contributed by atoms with van der Waals surface area (Å²) in [6, 6.07) is 9.45. The topological polar surface area (TPSA) is 110 Å². The molecule has 1 aromatic carbocycles. The van der Waals surface area contributed by atoms with Crippen LogP contribution in [-0.2, 0) is 11.2 Å². The molecule has 2 N–H and O–H groups in total. The summed E-state index contributed by atoms with van der Waals surface area (Å²) in [5.41, 5.74) is 3.20. The van der Waals surface area contributed by atoms with Gasteiger partial charge in [0.05, 0.1) is 29.5 Å². The molecule has 4 aromatic rings. The van der Waals surface area contributed by atoms with E-state index in [4.69, 9.17) is 0 Å². The monoisotopic (exact) mass is 404 g/mol. The Morgan fingerprint density at radius 3 is 2.79 bits per heavy atom. The van der Waals surface area contributed by atoms with Gasteiger partial charge in [-0.15, -0.1) is 11.3 Å². The first-order chi connectivity index (χ1) is 14.1. The lowest BCUT2D eigenvalue weighted by atomic mass is 10.1. The Morgan fingerprint density at radius 1 is 1.07 bits per heavy atom. The Balaban J connectivity index is 1.42. The van der Waals surface area contributed by atoms with Crippen molar-refractivity contribution in [2.24, 2.45) is 0 Å². The second kappa shape index (κ2) is 8.11. The van der Waals surface area contributed by atoms with Crippen LogP contribution in [0.25, 0.3) is 10.9 Å². The van der Waals surface area contributed by atoms with Gasteiger partial charge in [-0.1, -0.05) is 6.07 Å². The Hall–Kier alpha value is -3.72. The Labute approximate surface area is 170 Å². The minimum Gasteiger partial charge on any atom is -0.325 e. The van der Waals surface area contributed by atoms with Crippen LogP contribution in [0.1, 0.15) is 21.9 Å². The van der Waals surface area contributed by atoms with Crippen molar-refractivity contribution in [3.05, 3.63) is 71.4 Å². The number of anilines is 2. The molecule has 3 heterocycles. The fourth-order valence-electron chi connectivity index (χ4n) is 2.75. The third-order valence-electron chi connectivity index (χ3n) is 4.05. The quantitative estimate of drug-likeness (QED) is 0.528. The van der Waals surface area contributed by atoms with Gasteiger partial charge in [-0.25, -0.2) is 9.97 Å². The van der Waals surface area contributed by atoms with Gasteiger partial charge in [0.2, 0.25) is 5.91 Å². The normalized spacial score (nSPS) is 10.7. The number of nitrogens with zero attached hydrogens (tertiary/aromatic N) is 4. The Kier molecular flexibility index (Phi) is 5.21. The van der Waals surface area contributed by atoms with E-state index in [0.717, 1.165) is 16.6 Å². The number of amides is 2. The van der Waals surface area contributed by atoms with E-state index in [1.165, 1.54) is 29.9 Å². The van der Waals surface area contributed by atoms with Gasteiger partial charge < -0.3 is 5.32 Å². The maximum atomic E-state index is 12.5. The first kappa shape index (κ1) is 18.6. The van der Waals surface area contributed by atoms with Crippen molar-refractivity contribution in [3.63, 3.8) is 0 Å². The number of benzene rings is 1. The van der Waals surface area contributed by atoms with Crippen molar-refractivity contribution in [2.75, 3.05) is 10.6 Å². The molecular weight excluding hydrogens is 388 g/mol. The molecular formula is C20H16N6O2S. The number of rotatable bonds is 5. The molecule has 0 bridgehead atoms. The zero-order valence-corrected chi connectivity index (χ0v) is 16.2. The molecule has 0 spiro atoms. The van der Waals surface area contributed by atoms with Crippen LogP contribution in [0.5, 0.6) is 0 Å². The van der Waals surface area contributed by atoms with Gasteiger partial charge in [-0.3, -0.25) is 24.9 Å². The van der Waals surface area contributed by atoms with Crippen LogP contribution < -0.4 is 10.6 Å². The second-order valence-corrected chi connectivity index (χ2v) is 7.10. The largest absolute Gasteiger partial charge is 0.325 e. The highest BCUT2D eigenvalue weighted by Gasteiger charge is 2.13. The van der Waals surface area contributed by atoms with Crippen LogP contribution in [-0.4, -0.2) is 31.8 Å². The molecule has 4 rings (SSSR count). The SMILES string of the molecule is Cc1ccc2c(NC(=O)Cc3csc(NC(=O)c4cnccn4)n3)cccc2n1. The van der Waals surface area contributed by atoms with Gasteiger partial charge >= 0.3 is 0 Å². The van der Waals surface area contributed by atoms with Crippen molar-refractivity contribution < 1.29 is 9.59 Å². The lowest BCUT2D eigenvalue weighted by Crippen LogP contribution is -2.16. The average Bonchev–Trinajstić information content (AvgIpc) is 3.15. The van der Waals surface area contributed by atoms with Gasteiger partial charge in [-0.2, -0.15) is 0 Å². The van der Waals surface area contributed by atoms with Gasteiger partial charge in [-0.05, 0) is 31.2 Å². The van der Waals surface area contributed by atoms with Crippen LogP contribution >= 0.6 is 11.3 Å². The molecule has 144 valence electrons. The molecule has 8 nitrogen and oxygen atoms in total. The summed E-state index contributed by atoms with van der Waals surface area (Å²) in [6.45, 7) is 1.92. The van der Waals surface area contributed by atoms with Crippen LogP contribution in [0.4, 0.5) is 10.8 Å². The highest BCUT2D eigenvalue weighted by atomic mass is 32.1. The van der Waals surface area contributed by atoms with Crippen molar-refractivity contribution in [3.8, 4) is 0 Å². The van der Waals surface area contributed by atoms with Crippen molar-refractivity contribution in [1.82, 2.24) is 19.9 Å². The number of thiazole rings is 1. The minimum absolute atomic E-state index is 0.0905. The first-order valence-electron chi connectivity index (χ1n) is 8.76. The zero-order valence-electron chi connectivity index (χ0n) is 15.4. The number of hydrogen-bond donors (Lipinski definition) is 2. The summed E-state index contributed by atoms with van der Waals surface area (Å²) >= 11 is 1.24. The summed E-state index contributed by atoms with van der Waals surface area (Å²) in [7, 11) is 0. The predicted octanol–water partition coefficient (Wildman–Crippen LogP) is 3.22. The third kappa shape index (κ3) is 4.41. The van der Waals surface area contributed by atoms with E-state index in [0.29, 0.717) is 16.5 Å². The lowest BCUT2D eigenvalue weighted by molar-refractivity contribution is -0.115. The molecule has 0 unspecified atom stereocenters. The zero-order chi connectivity index (χ0) is 20.2. The summed E-state index contributed by atoms with van der Waals surface area (Å²) in [6.07, 6.45) is 4.39. The number of carbonyl (C=O) groups excluding carboxylic acids is 2. The van der Waals surface area contributed by atoms with Crippen LogP contribution in [0.2, 0.25) is 0 Å². The van der Waals surface area contributed by atoms with Crippen molar-refractivity contribution in [2.45, 2.75) is 13.3 Å². The van der Waals surface area contributed by atoms with Crippen molar-refractivity contribution >= 4 is 44.9 Å². The van der Waals surface area contributed by atoms with E-state index < -0.39 is 5.91 Å². The number of carbonyl (C=O) groups is 2. The van der Waals surface area contributed by atoms with E-state index in [9.17, 15) is 9.59 Å². The summed E-state index contributed by atoms with van der Waals surface area (Å²) < 4.78 is 0. The number of nitrogens with one attached hydrogen (secondary N) is 2. The summed E-state index contributed by atoms with van der Waals surface area (Å²) in [4.78, 5) is 41.1. The highest BCUT2D eigenvalue weighted by Crippen LogP contribution is 2.23. The first-order valence-corrected chi connectivity index (χ1v) is 9.64. The van der Waals surface area contributed by atoms with Gasteiger partial charge in [0, 0.05) is 28.9 Å². The minimum atomic E-state index is -0.401. The second-order valence-electron chi connectivity index (χ2n) is 6.24. The van der Waals surface area contributed by atoms with Gasteiger partial charge in [0.25, 0.3) is 5.91 Å². The smallest absolute Gasteiger partial charge is 0.277 e. The lowest BCUT2D eigenvalue weighted by Gasteiger charge is -2.08. The summed E-state index contributed by atoms with van der Waals surface area (Å²) in [5.74, 6) is -0.600. The highest BCUT2D eigenvalue weighted by molar-refractivity contribution is 7.14. The molecule has 2 amide bonds. The summed E-state index contributed by atoms with van der Waals surface area (Å²) in [5, 5.41) is 8.57. The molecule has 0 saturated carbocycles. The van der Waals surface area contributed by atoms with Crippen LogP contribution in [0.15, 0.2) is 54.3 Å². The maximum absolute atomic E-state index is 12.5. The molecule has 0 aliphatic rings. The molecule has 29 heavy (non-hydrogen) atoms. The predicted molar refractivity (Wildman–Crippen MR) is 111 cm³/mol. The van der Waals surface area contributed by atoms with E-state index in [1.54, 1.807) is 5.38 Å². The number of aryl methyl sites for hydroxylation is 1. The molecule has 0 atom stereocenters. The van der Waals surface area contributed by atoms with Gasteiger partial charge in [0.15, 0.2) is 5.13 Å². The van der Waals surface area contributed by atoms with Crippen LogP contribution in [0.3, 0.4) is 0 Å². The number of fused-ring (bicyclic) bond motifs is 1. The fourth-order valence-corrected chi connectivity index (χ4v) is 3.45. The molecule has 9 heteroatoms.